The van der Waals surface area contributed by atoms with Crippen LogP contribution in [0, 0.1) is 0 Å². The zero-order valence-electron chi connectivity index (χ0n) is 16.1. The third-order valence-electron chi connectivity index (χ3n) is 4.08. The van der Waals surface area contributed by atoms with E-state index in [2.05, 4.69) is 6.58 Å². The van der Waals surface area contributed by atoms with Crippen LogP contribution in [0.25, 0.3) is 6.08 Å². The number of Topliss-reactive ketones (excluding diaryl/α,β-unsaturated/α-hetero) is 1. The van der Waals surface area contributed by atoms with Crippen LogP contribution >= 0.6 is 0 Å². The molecular formula is C22H20O7. The van der Waals surface area contributed by atoms with E-state index in [0.717, 1.165) is 0 Å². The number of benzene rings is 2. The Morgan fingerprint density at radius 2 is 1.90 bits per heavy atom. The van der Waals surface area contributed by atoms with Gasteiger partial charge in [-0.25, -0.2) is 4.79 Å². The maximum absolute atomic E-state index is 12.7. The molecule has 1 aliphatic heterocycles. The van der Waals surface area contributed by atoms with Gasteiger partial charge < -0.3 is 23.7 Å². The van der Waals surface area contributed by atoms with Crippen molar-refractivity contribution in [3.8, 4) is 23.0 Å². The van der Waals surface area contributed by atoms with Crippen molar-refractivity contribution in [2.75, 3.05) is 27.4 Å². The fourth-order valence-electron chi connectivity index (χ4n) is 2.69. The molecule has 0 bridgehead atoms. The summed E-state index contributed by atoms with van der Waals surface area (Å²) >= 11 is 0. The Balaban J connectivity index is 1.78. The second-order valence-corrected chi connectivity index (χ2v) is 5.97. The average Bonchev–Trinajstić information content (AvgIpc) is 3.05. The molecule has 7 heteroatoms. The third kappa shape index (κ3) is 4.57. The van der Waals surface area contributed by atoms with E-state index in [1.165, 1.54) is 6.08 Å². The lowest BCUT2D eigenvalue weighted by Gasteiger charge is -2.08. The van der Waals surface area contributed by atoms with Crippen molar-refractivity contribution in [1.82, 2.24) is 0 Å². The molecule has 0 N–H and O–H groups in total. The van der Waals surface area contributed by atoms with E-state index < -0.39 is 5.97 Å². The second-order valence-electron chi connectivity index (χ2n) is 5.97. The highest BCUT2D eigenvalue weighted by Gasteiger charge is 2.28. The molecule has 0 aromatic heterocycles. The molecule has 7 nitrogen and oxygen atoms in total. The van der Waals surface area contributed by atoms with Crippen molar-refractivity contribution in [2.45, 2.75) is 0 Å². The van der Waals surface area contributed by atoms with Crippen LogP contribution in [0.15, 0.2) is 54.8 Å². The molecule has 2 aromatic carbocycles. The number of hydrogen-bond acceptors (Lipinski definition) is 7. The molecule has 3 rings (SSSR count). The van der Waals surface area contributed by atoms with Crippen molar-refractivity contribution in [3.05, 3.63) is 65.9 Å². The molecule has 0 saturated carbocycles. The largest absolute Gasteiger partial charge is 0.497 e. The Morgan fingerprint density at radius 1 is 1.10 bits per heavy atom. The van der Waals surface area contributed by atoms with Gasteiger partial charge in [0.25, 0.3) is 0 Å². The van der Waals surface area contributed by atoms with E-state index in [-0.39, 0.29) is 24.8 Å². The summed E-state index contributed by atoms with van der Waals surface area (Å²) in [5.74, 6) is 1.30. The summed E-state index contributed by atoms with van der Waals surface area (Å²) < 4.78 is 26.5. The van der Waals surface area contributed by atoms with Gasteiger partial charge in [-0.3, -0.25) is 4.79 Å². The average molecular weight is 396 g/mol. The number of fused-ring (bicyclic) bond motifs is 1. The number of allylic oxidation sites excluding steroid dienone is 1. The molecule has 2 aromatic rings. The van der Waals surface area contributed by atoms with Crippen LogP contribution < -0.4 is 18.9 Å². The van der Waals surface area contributed by atoms with Gasteiger partial charge in [0.1, 0.15) is 29.6 Å². The van der Waals surface area contributed by atoms with E-state index in [4.69, 9.17) is 23.7 Å². The maximum Gasteiger partial charge on any atom is 0.344 e. The molecule has 1 heterocycles. The summed E-state index contributed by atoms with van der Waals surface area (Å²) in [4.78, 5) is 24.2. The van der Waals surface area contributed by atoms with E-state index in [0.29, 0.717) is 34.1 Å². The number of carbonyl (C=O) groups is 2. The van der Waals surface area contributed by atoms with Gasteiger partial charge in [-0.1, -0.05) is 12.7 Å². The Morgan fingerprint density at radius 3 is 2.62 bits per heavy atom. The first-order valence-electron chi connectivity index (χ1n) is 8.75. The molecular weight excluding hydrogens is 376 g/mol. The zero-order valence-corrected chi connectivity index (χ0v) is 16.1. The lowest BCUT2D eigenvalue weighted by molar-refractivity contribution is -0.144. The smallest absolute Gasteiger partial charge is 0.344 e. The fourth-order valence-corrected chi connectivity index (χ4v) is 2.69. The molecule has 0 spiro atoms. The van der Waals surface area contributed by atoms with Crippen LogP contribution in [0.4, 0.5) is 0 Å². The second kappa shape index (κ2) is 8.97. The van der Waals surface area contributed by atoms with E-state index >= 15 is 0 Å². The summed E-state index contributed by atoms with van der Waals surface area (Å²) in [5.41, 5.74) is 1.05. The molecule has 0 amide bonds. The van der Waals surface area contributed by atoms with Crippen molar-refractivity contribution >= 4 is 17.8 Å². The van der Waals surface area contributed by atoms with Crippen LogP contribution in [0.2, 0.25) is 0 Å². The highest BCUT2D eigenvalue weighted by atomic mass is 16.6. The minimum absolute atomic E-state index is 0.117. The Hall–Kier alpha value is -3.74. The quantitative estimate of drug-likeness (QED) is 0.384. The van der Waals surface area contributed by atoms with Gasteiger partial charge in [-0.15, -0.1) is 0 Å². The third-order valence-corrected chi connectivity index (χ3v) is 4.08. The predicted molar refractivity (Wildman–Crippen MR) is 106 cm³/mol. The van der Waals surface area contributed by atoms with Crippen LogP contribution in [0.1, 0.15) is 15.9 Å². The summed E-state index contributed by atoms with van der Waals surface area (Å²) in [6.45, 7) is 3.33. The van der Waals surface area contributed by atoms with Crippen molar-refractivity contribution in [2.24, 2.45) is 0 Å². The Labute approximate surface area is 168 Å². The summed E-state index contributed by atoms with van der Waals surface area (Å²) in [7, 11) is 3.10. The lowest BCUT2D eigenvalue weighted by Crippen LogP contribution is -2.14. The van der Waals surface area contributed by atoms with Gasteiger partial charge in [-0.05, 0) is 36.4 Å². The van der Waals surface area contributed by atoms with E-state index in [9.17, 15) is 9.59 Å². The van der Waals surface area contributed by atoms with Gasteiger partial charge in [-0.2, -0.15) is 0 Å². The first-order chi connectivity index (χ1) is 14.0. The normalized spacial score (nSPS) is 13.4. The minimum Gasteiger partial charge on any atom is -0.497 e. The molecule has 0 fully saturated rings. The molecule has 0 radical (unpaired) electrons. The Bertz CT molecular complexity index is 975. The summed E-state index contributed by atoms with van der Waals surface area (Å²) in [5, 5.41) is 0. The van der Waals surface area contributed by atoms with Crippen molar-refractivity contribution < 1.29 is 33.3 Å². The molecule has 0 saturated heterocycles. The van der Waals surface area contributed by atoms with Gasteiger partial charge in [0, 0.05) is 11.6 Å². The number of ketones is 1. The lowest BCUT2D eigenvalue weighted by atomic mass is 10.1. The molecule has 150 valence electrons. The highest BCUT2D eigenvalue weighted by molar-refractivity contribution is 6.14. The molecule has 1 aliphatic rings. The predicted octanol–water partition coefficient (Wildman–Crippen LogP) is 3.43. The van der Waals surface area contributed by atoms with E-state index in [1.54, 1.807) is 56.7 Å². The van der Waals surface area contributed by atoms with Crippen molar-refractivity contribution in [1.29, 1.82) is 0 Å². The SMILES string of the molecule is C=CCOC(=O)COc1ccc2c(c1)O/C(=C\c1cc(OC)ccc1OC)C2=O. The fraction of sp³-hybridized carbons (Fsp3) is 0.182. The number of carbonyl (C=O) groups excluding carboxylic acids is 2. The highest BCUT2D eigenvalue weighted by Crippen LogP contribution is 2.36. The first kappa shape index (κ1) is 20.0. The number of esters is 1. The van der Waals surface area contributed by atoms with Crippen LogP contribution in [0.3, 0.4) is 0 Å². The van der Waals surface area contributed by atoms with Crippen LogP contribution in [-0.2, 0) is 9.53 Å². The van der Waals surface area contributed by atoms with Crippen LogP contribution in [0.5, 0.6) is 23.0 Å². The summed E-state index contributed by atoms with van der Waals surface area (Å²) in [6.07, 6.45) is 3.06. The standard InChI is InChI=1S/C22H20O7/c1-4-9-27-21(23)13-28-16-5-7-17-19(12-16)29-20(22(17)24)11-14-10-15(25-2)6-8-18(14)26-3/h4-8,10-12H,1,9,13H2,2-3H3/b20-11-. The maximum atomic E-state index is 12.7. The van der Waals surface area contributed by atoms with Gasteiger partial charge in [0.15, 0.2) is 12.4 Å². The topological polar surface area (TPSA) is 80.3 Å². The number of ether oxygens (including phenoxy) is 5. The summed E-state index contributed by atoms with van der Waals surface area (Å²) in [6, 6.07) is 9.99. The van der Waals surface area contributed by atoms with E-state index in [1.807, 2.05) is 0 Å². The van der Waals surface area contributed by atoms with Gasteiger partial charge in [0.2, 0.25) is 5.78 Å². The molecule has 29 heavy (non-hydrogen) atoms. The Kier molecular flexibility index (Phi) is 6.19. The first-order valence-corrected chi connectivity index (χ1v) is 8.75. The monoisotopic (exact) mass is 396 g/mol. The number of rotatable bonds is 8. The minimum atomic E-state index is -0.520. The van der Waals surface area contributed by atoms with Gasteiger partial charge in [0.05, 0.1) is 19.8 Å². The van der Waals surface area contributed by atoms with Gasteiger partial charge >= 0.3 is 5.97 Å². The molecule has 0 aliphatic carbocycles. The van der Waals surface area contributed by atoms with Crippen LogP contribution in [-0.4, -0.2) is 39.2 Å². The zero-order chi connectivity index (χ0) is 20.8. The molecule has 0 unspecified atom stereocenters. The molecule has 0 atom stereocenters. The number of methoxy groups -OCH3 is 2. The number of hydrogen-bond donors (Lipinski definition) is 0. The van der Waals surface area contributed by atoms with Crippen molar-refractivity contribution in [3.63, 3.8) is 0 Å².